The summed E-state index contributed by atoms with van der Waals surface area (Å²) >= 11 is 0. The summed E-state index contributed by atoms with van der Waals surface area (Å²) in [4.78, 5) is 14.2. The van der Waals surface area contributed by atoms with E-state index in [9.17, 15) is 18.5 Å². The van der Waals surface area contributed by atoms with Crippen LogP contribution in [-0.2, 0) is 22.1 Å². The number of nitro benzene ring substituents is 1. The van der Waals surface area contributed by atoms with Crippen molar-refractivity contribution in [2.24, 2.45) is 5.73 Å². The van der Waals surface area contributed by atoms with Gasteiger partial charge < -0.3 is 10.3 Å². The SMILES string of the molecule is CN(Cc1nc(C2(N)CCC2)no1)S(=O)(=O)c1cccc([N+](=O)[O-])c1. The van der Waals surface area contributed by atoms with Crippen LogP contribution < -0.4 is 5.73 Å². The first-order valence-corrected chi connectivity index (χ1v) is 8.99. The van der Waals surface area contributed by atoms with Gasteiger partial charge in [0.25, 0.3) is 5.69 Å². The monoisotopic (exact) mass is 367 g/mol. The Morgan fingerprint density at radius 1 is 1.44 bits per heavy atom. The Bertz CT molecular complexity index is 906. The molecule has 3 rings (SSSR count). The van der Waals surface area contributed by atoms with Crippen LogP contribution in [0.4, 0.5) is 5.69 Å². The molecular formula is C14H17N5O5S. The van der Waals surface area contributed by atoms with Gasteiger partial charge in [-0.1, -0.05) is 11.2 Å². The van der Waals surface area contributed by atoms with Crippen LogP contribution in [0.25, 0.3) is 0 Å². The molecule has 1 heterocycles. The van der Waals surface area contributed by atoms with Crippen LogP contribution in [0, 0.1) is 10.1 Å². The average molecular weight is 367 g/mol. The predicted molar refractivity (Wildman–Crippen MR) is 85.8 cm³/mol. The van der Waals surface area contributed by atoms with E-state index in [0.29, 0.717) is 5.82 Å². The molecule has 1 aromatic heterocycles. The summed E-state index contributed by atoms with van der Waals surface area (Å²) in [6.45, 7) is -0.159. The first kappa shape index (κ1) is 17.5. The van der Waals surface area contributed by atoms with Crippen molar-refractivity contribution >= 4 is 15.7 Å². The number of benzene rings is 1. The van der Waals surface area contributed by atoms with Gasteiger partial charge in [0.05, 0.1) is 21.9 Å². The standard InChI is InChI=1S/C14H17N5O5S/c1-18(9-12-16-13(17-24-12)14(15)6-3-7-14)25(22,23)11-5-2-4-10(8-11)19(20)21/h2,4-5,8H,3,6-7,9,15H2,1H3. The van der Waals surface area contributed by atoms with Crippen molar-refractivity contribution in [1.82, 2.24) is 14.4 Å². The third-order valence-electron chi connectivity index (χ3n) is 4.25. The lowest BCUT2D eigenvalue weighted by Crippen LogP contribution is -2.44. The third-order valence-corrected chi connectivity index (χ3v) is 6.05. The van der Waals surface area contributed by atoms with Gasteiger partial charge in [0, 0.05) is 19.2 Å². The minimum atomic E-state index is -3.94. The van der Waals surface area contributed by atoms with Gasteiger partial charge in [-0.15, -0.1) is 0 Å². The van der Waals surface area contributed by atoms with E-state index >= 15 is 0 Å². The number of nitro groups is 1. The van der Waals surface area contributed by atoms with Gasteiger partial charge in [0.1, 0.15) is 0 Å². The highest BCUT2D eigenvalue weighted by molar-refractivity contribution is 7.89. The quantitative estimate of drug-likeness (QED) is 0.590. The van der Waals surface area contributed by atoms with Crippen molar-refractivity contribution in [3.05, 3.63) is 46.1 Å². The molecule has 2 N–H and O–H groups in total. The van der Waals surface area contributed by atoms with E-state index < -0.39 is 20.5 Å². The number of non-ortho nitro benzene ring substituents is 1. The molecule has 0 unspecified atom stereocenters. The highest BCUT2D eigenvalue weighted by atomic mass is 32.2. The Hall–Kier alpha value is -2.37. The minimum absolute atomic E-state index is 0.114. The molecule has 0 spiro atoms. The van der Waals surface area contributed by atoms with Gasteiger partial charge in [0.2, 0.25) is 15.9 Å². The molecule has 11 heteroatoms. The summed E-state index contributed by atoms with van der Waals surface area (Å²) < 4.78 is 31.2. The first-order chi connectivity index (χ1) is 11.7. The number of hydrogen-bond acceptors (Lipinski definition) is 8. The summed E-state index contributed by atoms with van der Waals surface area (Å²) in [6, 6.07) is 4.84. The zero-order valence-corrected chi connectivity index (χ0v) is 14.3. The molecule has 1 aromatic carbocycles. The van der Waals surface area contributed by atoms with Crippen LogP contribution in [0.1, 0.15) is 31.0 Å². The number of nitrogens with zero attached hydrogens (tertiary/aromatic N) is 4. The van der Waals surface area contributed by atoms with Gasteiger partial charge in [-0.2, -0.15) is 9.29 Å². The summed E-state index contributed by atoms with van der Waals surface area (Å²) in [5.41, 5.74) is 5.21. The van der Waals surface area contributed by atoms with Gasteiger partial charge in [-0.25, -0.2) is 8.42 Å². The van der Waals surface area contributed by atoms with Crippen LogP contribution in [-0.4, -0.2) is 34.8 Å². The van der Waals surface area contributed by atoms with Gasteiger partial charge >= 0.3 is 0 Å². The fourth-order valence-electron chi connectivity index (χ4n) is 2.52. The molecule has 1 saturated carbocycles. The van der Waals surface area contributed by atoms with Crippen molar-refractivity contribution in [3.8, 4) is 0 Å². The highest BCUT2D eigenvalue weighted by Gasteiger charge is 2.39. The van der Waals surface area contributed by atoms with E-state index in [-0.39, 0.29) is 23.0 Å². The summed E-state index contributed by atoms with van der Waals surface area (Å²) in [7, 11) is -2.61. The number of sulfonamides is 1. The topological polar surface area (TPSA) is 145 Å². The zero-order valence-electron chi connectivity index (χ0n) is 13.5. The van der Waals surface area contributed by atoms with Crippen molar-refractivity contribution < 1.29 is 17.9 Å². The molecule has 10 nitrogen and oxygen atoms in total. The molecule has 1 aliphatic rings. The highest BCUT2D eigenvalue weighted by Crippen LogP contribution is 2.37. The summed E-state index contributed by atoms with van der Waals surface area (Å²) in [5, 5.41) is 14.7. The average Bonchev–Trinajstić information content (AvgIpc) is 3.01. The maximum atomic E-state index is 12.6. The van der Waals surface area contributed by atoms with Gasteiger partial charge in [-0.3, -0.25) is 10.1 Å². The van der Waals surface area contributed by atoms with E-state index in [1.165, 1.54) is 25.2 Å². The molecule has 0 aliphatic heterocycles. The van der Waals surface area contributed by atoms with Crippen LogP contribution in [0.15, 0.2) is 33.7 Å². The van der Waals surface area contributed by atoms with E-state index in [2.05, 4.69) is 10.1 Å². The summed E-state index contributed by atoms with van der Waals surface area (Å²) in [6.07, 6.45) is 2.50. The van der Waals surface area contributed by atoms with E-state index in [4.69, 9.17) is 10.3 Å². The number of rotatable bonds is 6. The Labute approximate surface area is 143 Å². The maximum Gasteiger partial charge on any atom is 0.270 e. The Kier molecular flexibility index (Phi) is 4.31. The number of hydrogen-bond donors (Lipinski definition) is 1. The molecule has 25 heavy (non-hydrogen) atoms. The molecule has 0 amide bonds. The molecule has 1 aliphatic carbocycles. The van der Waals surface area contributed by atoms with Crippen molar-refractivity contribution in [3.63, 3.8) is 0 Å². The molecule has 0 atom stereocenters. The number of aromatic nitrogens is 2. The second-order valence-corrected chi connectivity index (χ2v) is 8.08. The van der Waals surface area contributed by atoms with Crippen LogP contribution in [0.5, 0.6) is 0 Å². The van der Waals surface area contributed by atoms with E-state index in [1.807, 2.05) is 0 Å². The maximum absolute atomic E-state index is 12.6. The number of nitrogens with two attached hydrogens (primary N) is 1. The van der Waals surface area contributed by atoms with Crippen molar-refractivity contribution in [1.29, 1.82) is 0 Å². The van der Waals surface area contributed by atoms with Gasteiger partial charge in [-0.05, 0) is 25.3 Å². The van der Waals surface area contributed by atoms with E-state index in [1.54, 1.807) is 0 Å². The molecular weight excluding hydrogens is 350 g/mol. The fourth-order valence-corrected chi connectivity index (χ4v) is 3.68. The van der Waals surface area contributed by atoms with Crippen LogP contribution >= 0.6 is 0 Å². The van der Waals surface area contributed by atoms with Crippen molar-refractivity contribution in [2.45, 2.75) is 36.2 Å². The molecule has 0 saturated heterocycles. The van der Waals surface area contributed by atoms with E-state index in [0.717, 1.165) is 29.6 Å². The second kappa shape index (κ2) is 6.17. The predicted octanol–water partition coefficient (Wildman–Crippen LogP) is 1.14. The lowest BCUT2D eigenvalue weighted by atomic mass is 9.77. The largest absolute Gasteiger partial charge is 0.338 e. The lowest BCUT2D eigenvalue weighted by molar-refractivity contribution is -0.385. The zero-order chi connectivity index (χ0) is 18.2. The first-order valence-electron chi connectivity index (χ1n) is 7.55. The molecule has 0 radical (unpaired) electrons. The Balaban J connectivity index is 1.79. The normalized spacial score (nSPS) is 16.6. The molecule has 1 fully saturated rings. The Morgan fingerprint density at radius 2 is 2.16 bits per heavy atom. The molecule has 0 bridgehead atoms. The Morgan fingerprint density at radius 3 is 2.76 bits per heavy atom. The van der Waals surface area contributed by atoms with Crippen molar-refractivity contribution in [2.75, 3.05) is 7.05 Å². The fraction of sp³-hybridized carbons (Fsp3) is 0.429. The molecule has 134 valence electrons. The lowest BCUT2D eigenvalue weighted by Gasteiger charge is -2.34. The van der Waals surface area contributed by atoms with Gasteiger partial charge in [0.15, 0.2) is 5.82 Å². The minimum Gasteiger partial charge on any atom is -0.338 e. The second-order valence-electron chi connectivity index (χ2n) is 6.04. The molecule has 2 aromatic rings. The summed E-state index contributed by atoms with van der Waals surface area (Å²) in [5.74, 6) is 0.484. The van der Waals surface area contributed by atoms with Crippen LogP contribution in [0.2, 0.25) is 0 Å². The third kappa shape index (κ3) is 3.25. The smallest absolute Gasteiger partial charge is 0.270 e. The van der Waals surface area contributed by atoms with Crippen LogP contribution in [0.3, 0.4) is 0 Å².